The van der Waals surface area contributed by atoms with Crippen LogP contribution in [0.4, 0.5) is 0 Å². The molecule has 1 amide bonds. The average Bonchev–Trinajstić information content (AvgIpc) is 3.42. The van der Waals surface area contributed by atoms with Crippen molar-refractivity contribution in [2.45, 2.75) is 6.92 Å². The molecular weight excluding hydrogens is 412 g/mol. The van der Waals surface area contributed by atoms with E-state index in [1.54, 1.807) is 0 Å². The molecule has 0 radical (unpaired) electrons. The first-order valence-electron chi connectivity index (χ1n) is 11.5. The van der Waals surface area contributed by atoms with Crippen molar-refractivity contribution in [2.24, 2.45) is 0 Å². The van der Waals surface area contributed by atoms with Crippen LogP contribution in [-0.2, 0) is 0 Å². The zero-order valence-electron chi connectivity index (χ0n) is 19.2. The summed E-state index contributed by atoms with van der Waals surface area (Å²) in [6.45, 7) is 7.67. The van der Waals surface area contributed by atoms with E-state index in [2.05, 4.69) is 32.1 Å². The normalized spacial score (nSPS) is 15.2. The van der Waals surface area contributed by atoms with Gasteiger partial charge in [0.25, 0.3) is 5.91 Å². The molecule has 7 nitrogen and oxygen atoms in total. The molecule has 0 unspecified atom stereocenters. The Balaban J connectivity index is 1.45. The van der Waals surface area contributed by atoms with Crippen molar-refractivity contribution >= 4 is 16.9 Å². The number of carbonyl (C=O) groups excluding carboxylic acids is 1. The molecule has 0 bridgehead atoms. The molecule has 0 aliphatic carbocycles. The van der Waals surface area contributed by atoms with Crippen LogP contribution in [-0.4, -0.2) is 77.0 Å². The Morgan fingerprint density at radius 2 is 1.73 bits per heavy atom. The van der Waals surface area contributed by atoms with Crippen molar-refractivity contribution in [1.82, 2.24) is 30.1 Å². The van der Waals surface area contributed by atoms with Gasteiger partial charge in [-0.2, -0.15) is 0 Å². The molecule has 0 spiro atoms. The van der Waals surface area contributed by atoms with Crippen molar-refractivity contribution < 1.29 is 4.79 Å². The monoisotopic (exact) mass is 442 g/mol. The lowest BCUT2D eigenvalue weighted by Gasteiger charge is -2.32. The molecule has 4 aromatic rings. The second kappa shape index (κ2) is 9.21. The second-order valence-corrected chi connectivity index (χ2v) is 8.74. The third-order valence-corrected chi connectivity index (χ3v) is 6.41. The van der Waals surface area contributed by atoms with E-state index in [0.29, 0.717) is 12.1 Å². The minimum atomic E-state index is -0.0564. The standard InChI is InChI=1S/C26H30N6O/c1-18-22(26(33)27-12-13-32-16-14-31(2)15-17-32)23(19-8-4-3-5-9-19)24(28-18)25-29-20-10-6-7-11-21(20)30-25/h3-11,28H,12-17H2,1-2H3,(H,27,33)(H,29,30). The molecule has 1 aliphatic heterocycles. The van der Waals surface area contributed by atoms with Gasteiger partial charge in [0.2, 0.25) is 0 Å². The second-order valence-electron chi connectivity index (χ2n) is 8.74. The quantitative estimate of drug-likeness (QED) is 0.427. The Morgan fingerprint density at radius 1 is 1.00 bits per heavy atom. The summed E-state index contributed by atoms with van der Waals surface area (Å²) < 4.78 is 0. The van der Waals surface area contributed by atoms with Gasteiger partial charge in [0.1, 0.15) is 0 Å². The van der Waals surface area contributed by atoms with Crippen LogP contribution in [0.2, 0.25) is 0 Å². The number of likely N-dealkylation sites (N-methyl/N-ethyl adjacent to an activating group) is 1. The maximum absolute atomic E-state index is 13.4. The Hall–Kier alpha value is -3.42. The van der Waals surface area contributed by atoms with Crippen molar-refractivity contribution in [3.63, 3.8) is 0 Å². The summed E-state index contributed by atoms with van der Waals surface area (Å²) >= 11 is 0. The number of H-pyrrole nitrogens is 2. The lowest BCUT2D eigenvalue weighted by atomic mass is 9.99. The first-order chi connectivity index (χ1) is 16.1. The highest BCUT2D eigenvalue weighted by atomic mass is 16.1. The molecule has 5 rings (SSSR count). The van der Waals surface area contributed by atoms with Gasteiger partial charge in [-0.25, -0.2) is 4.98 Å². The molecule has 2 aromatic heterocycles. The van der Waals surface area contributed by atoms with Crippen molar-refractivity contribution in [1.29, 1.82) is 0 Å². The van der Waals surface area contributed by atoms with Crippen LogP contribution in [0.15, 0.2) is 54.6 Å². The summed E-state index contributed by atoms with van der Waals surface area (Å²) in [5, 5.41) is 3.16. The summed E-state index contributed by atoms with van der Waals surface area (Å²) in [6.07, 6.45) is 0. The fourth-order valence-corrected chi connectivity index (χ4v) is 4.54. The maximum atomic E-state index is 13.4. The van der Waals surface area contributed by atoms with Crippen LogP contribution < -0.4 is 5.32 Å². The number of benzene rings is 2. The number of nitrogens with zero attached hydrogens (tertiary/aromatic N) is 3. The van der Waals surface area contributed by atoms with E-state index in [1.807, 2.05) is 61.5 Å². The number of nitrogens with one attached hydrogen (secondary N) is 3. The number of imidazole rings is 1. The van der Waals surface area contributed by atoms with Gasteiger partial charge in [-0.1, -0.05) is 42.5 Å². The minimum Gasteiger partial charge on any atom is -0.355 e. The topological polar surface area (TPSA) is 80.0 Å². The molecule has 0 saturated carbocycles. The molecule has 2 aromatic carbocycles. The Labute approximate surface area is 193 Å². The highest BCUT2D eigenvalue weighted by molar-refractivity contribution is 6.05. The number of hydrogen-bond donors (Lipinski definition) is 3. The molecule has 33 heavy (non-hydrogen) atoms. The van der Waals surface area contributed by atoms with Gasteiger partial charge in [-0.05, 0) is 31.7 Å². The third-order valence-electron chi connectivity index (χ3n) is 6.41. The molecule has 170 valence electrons. The lowest BCUT2D eigenvalue weighted by molar-refractivity contribution is 0.0941. The zero-order valence-corrected chi connectivity index (χ0v) is 19.2. The molecule has 1 saturated heterocycles. The van der Waals surface area contributed by atoms with Gasteiger partial charge in [0, 0.05) is 50.5 Å². The number of carbonyl (C=O) groups is 1. The molecule has 1 aliphatic rings. The average molecular weight is 443 g/mol. The number of amides is 1. The van der Waals surface area contributed by atoms with Crippen molar-refractivity contribution in [3.05, 3.63) is 65.9 Å². The van der Waals surface area contributed by atoms with Crippen LogP contribution in [0.3, 0.4) is 0 Å². The zero-order chi connectivity index (χ0) is 22.8. The van der Waals surface area contributed by atoms with Crippen LogP contribution in [0.5, 0.6) is 0 Å². The van der Waals surface area contributed by atoms with E-state index < -0.39 is 0 Å². The number of aromatic amines is 2. The molecule has 3 heterocycles. The fourth-order valence-electron chi connectivity index (χ4n) is 4.54. The molecule has 3 N–H and O–H groups in total. The predicted molar refractivity (Wildman–Crippen MR) is 132 cm³/mol. The summed E-state index contributed by atoms with van der Waals surface area (Å²) in [7, 11) is 2.15. The smallest absolute Gasteiger partial charge is 0.253 e. The fraction of sp³-hybridized carbons (Fsp3) is 0.308. The van der Waals surface area contributed by atoms with Gasteiger partial charge < -0.3 is 20.2 Å². The summed E-state index contributed by atoms with van der Waals surface area (Å²) in [6, 6.07) is 18.0. The number of piperazine rings is 1. The van der Waals surface area contributed by atoms with Crippen molar-refractivity contribution in [3.8, 4) is 22.6 Å². The maximum Gasteiger partial charge on any atom is 0.253 e. The van der Waals surface area contributed by atoms with Crippen LogP contribution >= 0.6 is 0 Å². The largest absolute Gasteiger partial charge is 0.355 e. The number of aryl methyl sites for hydroxylation is 1. The first kappa shape index (κ1) is 21.4. The Kier molecular flexibility index (Phi) is 5.98. The number of rotatable bonds is 6. The van der Waals surface area contributed by atoms with Gasteiger partial charge in [-0.3, -0.25) is 9.69 Å². The molecule has 1 fully saturated rings. The predicted octanol–water partition coefficient (Wildman–Crippen LogP) is 3.51. The van der Waals surface area contributed by atoms with Crippen LogP contribution in [0, 0.1) is 6.92 Å². The van der Waals surface area contributed by atoms with Crippen LogP contribution in [0.1, 0.15) is 16.1 Å². The number of aromatic nitrogens is 3. The first-order valence-corrected chi connectivity index (χ1v) is 11.5. The SMILES string of the molecule is Cc1[nH]c(-c2nc3ccccc3[nH]2)c(-c2ccccc2)c1C(=O)NCCN1CCN(C)CC1. The van der Waals surface area contributed by atoms with Gasteiger partial charge in [0.05, 0.1) is 22.3 Å². The summed E-state index contributed by atoms with van der Waals surface area (Å²) in [5.74, 6) is 0.675. The van der Waals surface area contributed by atoms with E-state index in [9.17, 15) is 4.79 Å². The van der Waals surface area contributed by atoms with Gasteiger partial charge in [0.15, 0.2) is 5.82 Å². The number of fused-ring (bicyclic) bond motifs is 1. The number of hydrogen-bond acceptors (Lipinski definition) is 4. The van der Waals surface area contributed by atoms with E-state index in [0.717, 1.165) is 72.1 Å². The van der Waals surface area contributed by atoms with E-state index in [4.69, 9.17) is 4.98 Å². The van der Waals surface area contributed by atoms with Crippen LogP contribution in [0.25, 0.3) is 33.7 Å². The minimum absolute atomic E-state index is 0.0564. The summed E-state index contributed by atoms with van der Waals surface area (Å²) in [4.78, 5) is 29.8. The van der Waals surface area contributed by atoms with E-state index >= 15 is 0 Å². The highest BCUT2D eigenvalue weighted by Gasteiger charge is 2.25. The molecule has 7 heteroatoms. The van der Waals surface area contributed by atoms with E-state index in [-0.39, 0.29) is 5.91 Å². The summed E-state index contributed by atoms with van der Waals surface area (Å²) in [5.41, 5.74) is 6.08. The number of para-hydroxylation sites is 2. The van der Waals surface area contributed by atoms with Crippen molar-refractivity contribution in [2.75, 3.05) is 46.3 Å². The Morgan fingerprint density at radius 3 is 2.48 bits per heavy atom. The van der Waals surface area contributed by atoms with E-state index in [1.165, 1.54) is 0 Å². The molecule has 0 atom stereocenters. The Bertz CT molecular complexity index is 1220. The highest BCUT2D eigenvalue weighted by Crippen LogP contribution is 2.36. The third kappa shape index (κ3) is 4.42. The van der Waals surface area contributed by atoms with Gasteiger partial charge >= 0.3 is 0 Å². The molecular formula is C26H30N6O. The van der Waals surface area contributed by atoms with Gasteiger partial charge in [-0.15, -0.1) is 0 Å². The lowest BCUT2D eigenvalue weighted by Crippen LogP contribution is -2.46.